The van der Waals surface area contributed by atoms with Gasteiger partial charge in [-0.1, -0.05) is 0 Å². The first kappa shape index (κ1) is 17.6. The van der Waals surface area contributed by atoms with Crippen molar-refractivity contribution in [3.8, 4) is 17.0 Å². The van der Waals surface area contributed by atoms with E-state index in [2.05, 4.69) is 15.3 Å². The molecule has 2 aromatic heterocycles. The number of phenolic OH excluding ortho intramolecular Hbond substituents is 1. The summed E-state index contributed by atoms with van der Waals surface area (Å²) in [6.07, 6.45) is -4.53. The highest BCUT2D eigenvalue weighted by Gasteiger charge is 2.32. The Hall–Kier alpha value is -2.81. The van der Waals surface area contributed by atoms with Crippen molar-refractivity contribution in [3.63, 3.8) is 0 Å². The lowest BCUT2D eigenvalue weighted by molar-refractivity contribution is -0.137. The number of phenols is 1. The highest BCUT2D eigenvalue weighted by Crippen LogP contribution is 2.39. The van der Waals surface area contributed by atoms with E-state index in [0.29, 0.717) is 29.0 Å². The lowest BCUT2D eigenvalue weighted by Gasteiger charge is -2.25. The van der Waals surface area contributed by atoms with Crippen LogP contribution >= 0.6 is 0 Å². The molecule has 0 amide bonds. The van der Waals surface area contributed by atoms with Gasteiger partial charge in [0, 0.05) is 31.7 Å². The zero-order valence-corrected chi connectivity index (χ0v) is 14.5. The van der Waals surface area contributed by atoms with Crippen LogP contribution in [0.25, 0.3) is 22.5 Å². The summed E-state index contributed by atoms with van der Waals surface area (Å²) >= 11 is 0. The number of pyridine rings is 1. The van der Waals surface area contributed by atoms with Crippen LogP contribution in [0.5, 0.6) is 5.75 Å². The number of alkyl halides is 3. The van der Waals surface area contributed by atoms with Crippen molar-refractivity contribution in [1.82, 2.24) is 15.3 Å². The molecule has 142 valence electrons. The van der Waals surface area contributed by atoms with E-state index >= 15 is 0 Å². The molecule has 1 aliphatic heterocycles. The maximum atomic E-state index is 12.9. The Morgan fingerprint density at radius 1 is 1.15 bits per heavy atom. The first-order valence-electron chi connectivity index (χ1n) is 8.47. The van der Waals surface area contributed by atoms with Gasteiger partial charge in [0.25, 0.3) is 6.01 Å². The summed E-state index contributed by atoms with van der Waals surface area (Å²) in [6.45, 7) is 4.69. The number of oxazole rings is 1. The van der Waals surface area contributed by atoms with Crippen molar-refractivity contribution in [2.24, 2.45) is 0 Å². The summed E-state index contributed by atoms with van der Waals surface area (Å²) in [5.41, 5.74) is 0.795. The van der Waals surface area contributed by atoms with Gasteiger partial charge >= 0.3 is 6.18 Å². The molecule has 0 unspecified atom stereocenters. The van der Waals surface area contributed by atoms with Gasteiger partial charge in [0.1, 0.15) is 5.75 Å². The first-order valence-corrected chi connectivity index (χ1v) is 8.47. The summed E-state index contributed by atoms with van der Waals surface area (Å²) in [5, 5.41) is 13.4. The molecule has 0 saturated carbocycles. The summed E-state index contributed by atoms with van der Waals surface area (Å²) in [5.74, 6) is -0.472. The van der Waals surface area contributed by atoms with Crippen molar-refractivity contribution in [2.75, 3.05) is 31.1 Å². The van der Waals surface area contributed by atoms with Crippen molar-refractivity contribution in [3.05, 3.63) is 35.4 Å². The van der Waals surface area contributed by atoms with Crippen LogP contribution in [0.15, 0.2) is 28.7 Å². The second-order valence-electron chi connectivity index (χ2n) is 6.44. The Balaban J connectivity index is 1.74. The molecular formula is C18H17F3N4O2. The fraction of sp³-hybridized carbons (Fsp3) is 0.333. The number of piperazine rings is 1. The Bertz CT molecular complexity index is 971. The van der Waals surface area contributed by atoms with Crippen LogP contribution < -0.4 is 10.2 Å². The summed E-state index contributed by atoms with van der Waals surface area (Å²) in [7, 11) is 0. The molecule has 3 heterocycles. The van der Waals surface area contributed by atoms with Gasteiger partial charge in [-0.3, -0.25) is 0 Å². The molecule has 1 saturated heterocycles. The van der Waals surface area contributed by atoms with Crippen LogP contribution in [0.2, 0.25) is 0 Å². The number of fused-ring (bicyclic) bond motifs is 1. The molecule has 1 aromatic carbocycles. The monoisotopic (exact) mass is 378 g/mol. The third-order valence-electron chi connectivity index (χ3n) is 4.53. The van der Waals surface area contributed by atoms with E-state index in [-0.39, 0.29) is 11.1 Å². The molecule has 1 fully saturated rings. The number of hydrogen-bond donors (Lipinski definition) is 2. The molecule has 0 radical (unpaired) electrons. The predicted molar refractivity (Wildman–Crippen MR) is 93.7 cm³/mol. The Morgan fingerprint density at radius 2 is 1.89 bits per heavy atom. The van der Waals surface area contributed by atoms with Gasteiger partial charge in [-0.05, 0) is 36.8 Å². The SMILES string of the molecule is Cc1cc(C(F)(F)F)cc(O)c1-c1ccc2oc(N3CCNCC3)nc2n1. The van der Waals surface area contributed by atoms with Gasteiger partial charge in [0.2, 0.25) is 5.65 Å². The second-order valence-corrected chi connectivity index (χ2v) is 6.44. The van der Waals surface area contributed by atoms with Gasteiger partial charge in [-0.25, -0.2) is 4.98 Å². The zero-order chi connectivity index (χ0) is 19.2. The minimum absolute atomic E-state index is 0.247. The van der Waals surface area contributed by atoms with Crippen LogP contribution in [0.1, 0.15) is 11.1 Å². The Kier molecular flexibility index (Phi) is 4.18. The third kappa shape index (κ3) is 3.30. The van der Waals surface area contributed by atoms with E-state index in [4.69, 9.17) is 4.42 Å². The first-order chi connectivity index (χ1) is 12.8. The maximum Gasteiger partial charge on any atom is 0.416 e. The van der Waals surface area contributed by atoms with Crippen LogP contribution in [0.3, 0.4) is 0 Å². The number of halogens is 3. The lowest BCUT2D eigenvalue weighted by Crippen LogP contribution is -2.43. The fourth-order valence-electron chi connectivity index (χ4n) is 3.20. The normalized spacial score (nSPS) is 15.5. The average Bonchev–Trinajstić information content (AvgIpc) is 3.04. The van der Waals surface area contributed by atoms with Crippen molar-refractivity contribution in [1.29, 1.82) is 0 Å². The highest BCUT2D eigenvalue weighted by molar-refractivity contribution is 5.78. The minimum Gasteiger partial charge on any atom is -0.507 e. The molecule has 0 atom stereocenters. The zero-order valence-electron chi connectivity index (χ0n) is 14.5. The second kappa shape index (κ2) is 6.41. The van der Waals surface area contributed by atoms with Gasteiger partial charge < -0.3 is 19.7 Å². The van der Waals surface area contributed by atoms with E-state index in [0.717, 1.165) is 32.2 Å². The van der Waals surface area contributed by atoms with Gasteiger partial charge in [0.15, 0.2) is 5.58 Å². The van der Waals surface area contributed by atoms with E-state index < -0.39 is 17.5 Å². The van der Waals surface area contributed by atoms with Crippen molar-refractivity contribution >= 4 is 17.2 Å². The minimum atomic E-state index is -4.53. The smallest absolute Gasteiger partial charge is 0.416 e. The number of nitrogens with zero attached hydrogens (tertiary/aromatic N) is 3. The number of aromatic hydroxyl groups is 1. The number of anilines is 1. The molecule has 9 heteroatoms. The maximum absolute atomic E-state index is 12.9. The molecule has 6 nitrogen and oxygen atoms in total. The van der Waals surface area contributed by atoms with E-state index in [1.807, 2.05) is 4.90 Å². The number of aromatic nitrogens is 2. The third-order valence-corrected chi connectivity index (χ3v) is 4.53. The molecule has 1 aliphatic rings. The van der Waals surface area contributed by atoms with Crippen LogP contribution in [-0.4, -0.2) is 41.3 Å². The van der Waals surface area contributed by atoms with Crippen molar-refractivity contribution < 1.29 is 22.7 Å². The largest absolute Gasteiger partial charge is 0.507 e. The quantitative estimate of drug-likeness (QED) is 0.713. The standard InChI is InChI=1S/C18H17F3N4O2/c1-10-8-11(18(19,20)21)9-13(26)15(10)12-2-3-14-16(23-12)24-17(27-14)25-6-4-22-5-7-25/h2-3,8-9,22,26H,4-7H2,1H3. The van der Waals surface area contributed by atoms with E-state index in [9.17, 15) is 18.3 Å². The topological polar surface area (TPSA) is 74.4 Å². The average molecular weight is 378 g/mol. The number of rotatable bonds is 2. The Labute approximate surface area is 152 Å². The molecule has 2 N–H and O–H groups in total. The fourth-order valence-corrected chi connectivity index (χ4v) is 3.20. The van der Waals surface area contributed by atoms with Crippen LogP contribution in [0.4, 0.5) is 19.2 Å². The predicted octanol–water partition coefficient (Wildman–Crippen LogP) is 3.33. The molecular weight excluding hydrogens is 361 g/mol. The van der Waals surface area contributed by atoms with Crippen LogP contribution in [-0.2, 0) is 6.18 Å². The van der Waals surface area contributed by atoms with Crippen LogP contribution in [0, 0.1) is 6.92 Å². The van der Waals surface area contributed by atoms with E-state index in [1.165, 1.54) is 6.92 Å². The molecule has 0 spiro atoms. The number of aryl methyl sites for hydroxylation is 1. The molecule has 0 bridgehead atoms. The van der Waals surface area contributed by atoms with Gasteiger partial charge in [-0.15, -0.1) is 0 Å². The number of hydrogen-bond acceptors (Lipinski definition) is 6. The van der Waals surface area contributed by atoms with Crippen molar-refractivity contribution in [2.45, 2.75) is 13.1 Å². The summed E-state index contributed by atoms with van der Waals surface area (Å²) in [6, 6.07) is 5.43. The summed E-state index contributed by atoms with van der Waals surface area (Å²) < 4.78 is 44.5. The lowest BCUT2D eigenvalue weighted by atomic mass is 10.0. The summed E-state index contributed by atoms with van der Waals surface area (Å²) in [4.78, 5) is 10.8. The highest BCUT2D eigenvalue weighted by atomic mass is 19.4. The molecule has 4 rings (SSSR count). The van der Waals surface area contributed by atoms with Gasteiger partial charge in [0.05, 0.1) is 11.3 Å². The van der Waals surface area contributed by atoms with E-state index in [1.54, 1.807) is 12.1 Å². The molecule has 27 heavy (non-hydrogen) atoms. The number of benzene rings is 1. The number of nitrogens with one attached hydrogen (secondary N) is 1. The Morgan fingerprint density at radius 3 is 2.56 bits per heavy atom. The van der Waals surface area contributed by atoms with Gasteiger partial charge in [-0.2, -0.15) is 18.2 Å². The molecule has 3 aromatic rings. The molecule has 0 aliphatic carbocycles.